The molecule has 1 atom stereocenters. The van der Waals surface area contributed by atoms with Crippen molar-refractivity contribution in [1.82, 2.24) is 5.32 Å². The van der Waals surface area contributed by atoms with Gasteiger partial charge in [-0.2, -0.15) is 5.26 Å². The summed E-state index contributed by atoms with van der Waals surface area (Å²) in [5.41, 5.74) is 2.31. The Hall–Kier alpha value is -2.75. The number of nitrogens with one attached hydrogen (secondary N) is 1. The molecule has 28 heavy (non-hydrogen) atoms. The minimum Gasteiger partial charge on any atom is -0.354 e. The lowest BCUT2D eigenvalue weighted by molar-refractivity contribution is -0.117. The van der Waals surface area contributed by atoms with E-state index in [2.05, 4.69) is 5.32 Å². The molecule has 0 unspecified atom stereocenters. The standard InChI is InChI=1S/C21H18ClN3O2S/c1-13-7-3-6-10-17(13)25-20(27)18(11-14-8-4-5-9-16(14)22)28-21(25)15(12-23)19(26)24-2/h3-10,18H,11H2,1-2H3,(H,24,26)/b21-15+/t18-/m0/s1. The number of rotatable bonds is 4. The van der Waals surface area contributed by atoms with Gasteiger partial charge < -0.3 is 5.32 Å². The number of aryl methyl sites for hydroxylation is 1. The summed E-state index contributed by atoms with van der Waals surface area (Å²) in [5.74, 6) is -0.694. The largest absolute Gasteiger partial charge is 0.354 e. The summed E-state index contributed by atoms with van der Waals surface area (Å²) >= 11 is 7.49. The van der Waals surface area contributed by atoms with Crippen LogP contribution in [0.2, 0.25) is 5.02 Å². The fourth-order valence-corrected chi connectivity index (χ4v) is 4.51. The van der Waals surface area contributed by atoms with Crippen LogP contribution in [0.25, 0.3) is 0 Å². The number of carbonyl (C=O) groups excluding carboxylic acids is 2. The van der Waals surface area contributed by atoms with E-state index in [0.717, 1.165) is 11.1 Å². The molecule has 0 aromatic heterocycles. The number of amides is 2. The van der Waals surface area contributed by atoms with Crippen molar-refractivity contribution in [2.24, 2.45) is 0 Å². The molecule has 0 radical (unpaired) electrons. The quantitative estimate of drug-likeness (QED) is 0.613. The topological polar surface area (TPSA) is 73.2 Å². The molecule has 3 rings (SSSR count). The number of hydrogen-bond acceptors (Lipinski definition) is 4. The number of likely N-dealkylation sites (N-methyl/N-ethyl adjacent to an activating group) is 1. The first-order chi connectivity index (χ1) is 13.5. The zero-order valence-electron chi connectivity index (χ0n) is 15.4. The second-order valence-electron chi connectivity index (χ2n) is 6.23. The molecule has 0 bridgehead atoms. The number of para-hydroxylation sites is 1. The van der Waals surface area contributed by atoms with Crippen molar-refractivity contribution in [2.45, 2.75) is 18.6 Å². The van der Waals surface area contributed by atoms with Crippen LogP contribution in [0, 0.1) is 18.3 Å². The monoisotopic (exact) mass is 411 g/mol. The lowest BCUT2D eigenvalue weighted by atomic mass is 10.1. The van der Waals surface area contributed by atoms with Gasteiger partial charge in [0, 0.05) is 12.1 Å². The summed E-state index contributed by atoms with van der Waals surface area (Å²) < 4.78 is 0. The summed E-state index contributed by atoms with van der Waals surface area (Å²) in [5, 5.41) is 12.5. The third-order valence-electron chi connectivity index (χ3n) is 4.45. The van der Waals surface area contributed by atoms with Crippen LogP contribution in [0.5, 0.6) is 0 Å². The smallest absolute Gasteiger partial charge is 0.264 e. The highest BCUT2D eigenvalue weighted by atomic mass is 35.5. The normalized spacial score (nSPS) is 18.0. The highest BCUT2D eigenvalue weighted by molar-refractivity contribution is 8.05. The van der Waals surface area contributed by atoms with Gasteiger partial charge in [-0.1, -0.05) is 59.8 Å². The van der Waals surface area contributed by atoms with Crippen LogP contribution in [-0.2, 0) is 16.0 Å². The van der Waals surface area contributed by atoms with E-state index in [9.17, 15) is 14.9 Å². The number of hydrogen-bond donors (Lipinski definition) is 1. The van der Waals surface area contributed by atoms with Crippen LogP contribution in [-0.4, -0.2) is 24.1 Å². The fraction of sp³-hybridized carbons (Fsp3) is 0.190. The molecule has 0 spiro atoms. The predicted molar refractivity (Wildman–Crippen MR) is 112 cm³/mol. The Morgan fingerprint density at radius 1 is 1.25 bits per heavy atom. The molecule has 1 heterocycles. The van der Waals surface area contributed by atoms with Gasteiger partial charge in [-0.3, -0.25) is 14.5 Å². The van der Waals surface area contributed by atoms with Gasteiger partial charge in [0.25, 0.3) is 5.91 Å². The summed E-state index contributed by atoms with van der Waals surface area (Å²) in [6.45, 7) is 1.89. The van der Waals surface area contributed by atoms with Crippen LogP contribution >= 0.6 is 23.4 Å². The van der Waals surface area contributed by atoms with Crippen molar-refractivity contribution in [3.05, 3.63) is 75.3 Å². The Balaban J connectivity index is 2.09. The minimum absolute atomic E-state index is 0.0780. The molecule has 2 aromatic carbocycles. The molecule has 2 aromatic rings. The van der Waals surface area contributed by atoms with Gasteiger partial charge in [-0.05, 0) is 36.6 Å². The van der Waals surface area contributed by atoms with E-state index in [-0.39, 0.29) is 11.5 Å². The second kappa shape index (κ2) is 8.51. The first-order valence-electron chi connectivity index (χ1n) is 8.64. The zero-order valence-corrected chi connectivity index (χ0v) is 17.0. The number of halogens is 1. The Kier molecular flexibility index (Phi) is 6.08. The highest BCUT2D eigenvalue weighted by Gasteiger charge is 2.41. The number of thioether (sulfide) groups is 1. The minimum atomic E-state index is -0.519. The van der Waals surface area contributed by atoms with Gasteiger partial charge in [-0.25, -0.2) is 0 Å². The second-order valence-corrected chi connectivity index (χ2v) is 7.83. The van der Waals surface area contributed by atoms with Crippen LogP contribution < -0.4 is 10.2 Å². The van der Waals surface area contributed by atoms with Crippen molar-refractivity contribution < 1.29 is 9.59 Å². The molecule has 5 nitrogen and oxygen atoms in total. The highest BCUT2D eigenvalue weighted by Crippen LogP contribution is 2.43. The molecule has 1 fully saturated rings. The molecule has 2 amide bonds. The third kappa shape index (κ3) is 3.77. The van der Waals surface area contributed by atoms with Crippen molar-refractivity contribution in [3.63, 3.8) is 0 Å². The maximum atomic E-state index is 13.3. The number of nitriles is 1. The van der Waals surface area contributed by atoms with Crippen LogP contribution in [0.1, 0.15) is 11.1 Å². The van der Waals surface area contributed by atoms with E-state index < -0.39 is 11.2 Å². The molecule has 0 aliphatic carbocycles. The Bertz CT molecular complexity index is 1010. The first-order valence-corrected chi connectivity index (χ1v) is 9.89. The van der Waals surface area contributed by atoms with Gasteiger partial charge in [0.1, 0.15) is 16.7 Å². The van der Waals surface area contributed by atoms with E-state index in [1.54, 1.807) is 6.07 Å². The summed E-state index contributed by atoms with van der Waals surface area (Å²) in [6.07, 6.45) is 0.404. The maximum absolute atomic E-state index is 13.3. The lowest BCUT2D eigenvalue weighted by Gasteiger charge is -2.20. The van der Waals surface area contributed by atoms with Gasteiger partial charge >= 0.3 is 0 Å². The van der Waals surface area contributed by atoms with E-state index >= 15 is 0 Å². The zero-order chi connectivity index (χ0) is 20.3. The number of carbonyl (C=O) groups is 2. The summed E-state index contributed by atoms with van der Waals surface area (Å²) in [6, 6.07) is 16.7. The molecule has 7 heteroatoms. The third-order valence-corrected chi connectivity index (χ3v) is 6.08. The number of nitrogens with zero attached hydrogens (tertiary/aromatic N) is 2. The Morgan fingerprint density at radius 2 is 1.93 bits per heavy atom. The van der Waals surface area contributed by atoms with Crippen LogP contribution in [0.3, 0.4) is 0 Å². The average molecular weight is 412 g/mol. The van der Waals surface area contributed by atoms with Gasteiger partial charge in [0.2, 0.25) is 5.91 Å². The molecule has 1 aliphatic rings. The maximum Gasteiger partial charge on any atom is 0.264 e. The van der Waals surface area contributed by atoms with E-state index in [0.29, 0.717) is 22.2 Å². The Labute approximate surface area is 173 Å². The summed E-state index contributed by atoms with van der Waals surface area (Å²) in [4.78, 5) is 27.0. The van der Waals surface area contributed by atoms with Crippen molar-refractivity contribution in [1.29, 1.82) is 5.26 Å². The average Bonchev–Trinajstić information content (AvgIpc) is 3.00. The lowest BCUT2D eigenvalue weighted by Crippen LogP contribution is -2.32. The van der Waals surface area contributed by atoms with Gasteiger partial charge in [0.05, 0.1) is 10.9 Å². The Morgan fingerprint density at radius 3 is 2.57 bits per heavy atom. The molecular formula is C21H18ClN3O2S. The molecule has 0 saturated carbocycles. The van der Waals surface area contributed by atoms with E-state index in [1.165, 1.54) is 23.7 Å². The van der Waals surface area contributed by atoms with Gasteiger partial charge in [0.15, 0.2) is 0 Å². The van der Waals surface area contributed by atoms with Crippen molar-refractivity contribution in [2.75, 3.05) is 11.9 Å². The molecule has 1 aliphatic heterocycles. The molecule has 142 valence electrons. The SMILES string of the molecule is CNC(=O)/C(C#N)=C1/S[C@@H](Cc2ccccc2Cl)C(=O)N1c1ccccc1C. The molecular weight excluding hydrogens is 394 g/mol. The molecule has 1 saturated heterocycles. The summed E-state index contributed by atoms with van der Waals surface area (Å²) in [7, 11) is 1.46. The number of anilines is 1. The van der Waals surface area contributed by atoms with Crippen molar-refractivity contribution in [3.8, 4) is 6.07 Å². The van der Waals surface area contributed by atoms with E-state index in [1.807, 2.05) is 55.5 Å². The molecule has 1 N–H and O–H groups in total. The van der Waals surface area contributed by atoms with Crippen LogP contribution in [0.4, 0.5) is 5.69 Å². The first kappa shape index (κ1) is 20.0. The fourth-order valence-electron chi connectivity index (χ4n) is 3.01. The van der Waals surface area contributed by atoms with Crippen LogP contribution in [0.15, 0.2) is 59.1 Å². The van der Waals surface area contributed by atoms with Crippen molar-refractivity contribution >= 4 is 40.9 Å². The van der Waals surface area contributed by atoms with Gasteiger partial charge in [-0.15, -0.1) is 0 Å². The van der Waals surface area contributed by atoms with E-state index in [4.69, 9.17) is 11.6 Å². The predicted octanol–water partition coefficient (Wildman–Crippen LogP) is 3.82. The number of benzene rings is 2.